The largest absolute Gasteiger partial charge is 0.444 e. The zero-order valence-corrected chi connectivity index (χ0v) is 14.9. The van der Waals surface area contributed by atoms with E-state index in [0.29, 0.717) is 31.9 Å². The molecule has 8 heteroatoms. The molecule has 2 aromatic rings. The number of rotatable bonds is 6. The Labute approximate surface area is 160 Å². The molecule has 1 amide bonds. The van der Waals surface area contributed by atoms with Gasteiger partial charge in [0.2, 0.25) is 6.10 Å². The van der Waals surface area contributed by atoms with Gasteiger partial charge < -0.3 is 19.1 Å². The molecule has 28 heavy (non-hydrogen) atoms. The van der Waals surface area contributed by atoms with Crippen LogP contribution in [-0.2, 0) is 14.3 Å². The molecule has 1 aliphatic rings. The van der Waals surface area contributed by atoms with Crippen LogP contribution in [0.25, 0.3) is 0 Å². The molecule has 0 spiro atoms. The summed E-state index contributed by atoms with van der Waals surface area (Å²) in [5.74, 6) is -1.14. The first kappa shape index (κ1) is 19.8. The van der Waals surface area contributed by atoms with Gasteiger partial charge in [-0.25, -0.2) is 4.79 Å². The van der Waals surface area contributed by atoms with Gasteiger partial charge in [-0.05, 0) is 24.3 Å². The Morgan fingerprint density at radius 2 is 1.61 bits per heavy atom. The van der Waals surface area contributed by atoms with Gasteiger partial charge in [-0.3, -0.25) is 4.79 Å². The SMILES string of the molecule is O=C(O[C@H](C(=O)N1CCOCC1)c1ccccc1)c1ccc(OC(F)F)cc1. The minimum Gasteiger partial charge on any atom is -0.444 e. The number of amides is 1. The summed E-state index contributed by atoms with van der Waals surface area (Å²) in [6, 6.07) is 13.8. The van der Waals surface area contributed by atoms with E-state index in [0.717, 1.165) is 0 Å². The number of esters is 1. The van der Waals surface area contributed by atoms with Crippen molar-refractivity contribution in [1.82, 2.24) is 4.90 Å². The van der Waals surface area contributed by atoms with Crippen molar-refractivity contribution in [2.45, 2.75) is 12.7 Å². The highest BCUT2D eigenvalue weighted by Crippen LogP contribution is 2.23. The zero-order valence-electron chi connectivity index (χ0n) is 14.9. The molecular formula is C20H19F2NO5. The van der Waals surface area contributed by atoms with E-state index in [1.807, 2.05) is 0 Å². The minimum atomic E-state index is -2.95. The number of hydrogen-bond donors (Lipinski definition) is 0. The first-order valence-corrected chi connectivity index (χ1v) is 8.72. The van der Waals surface area contributed by atoms with Gasteiger partial charge >= 0.3 is 12.6 Å². The van der Waals surface area contributed by atoms with Crippen LogP contribution in [0.3, 0.4) is 0 Å². The normalized spacial score (nSPS) is 15.2. The molecule has 6 nitrogen and oxygen atoms in total. The lowest BCUT2D eigenvalue weighted by molar-refractivity contribution is -0.145. The molecule has 0 aliphatic carbocycles. The lowest BCUT2D eigenvalue weighted by atomic mass is 10.1. The van der Waals surface area contributed by atoms with Crippen LogP contribution in [0.1, 0.15) is 22.0 Å². The average molecular weight is 391 g/mol. The molecule has 0 unspecified atom stereocenters. The van der Waals surface area contributed by atoms with Crippen molar-refractivity contribution in [3.63, 3.8) is 0 Å². The third kappa shape index (κ3) is 5.04. The quantitative estimate of drug-likeness (QED) is 0.709. The number of carbonyl (C=O) groups excluding carboxylic acids is 2. The summed E-state index contributed by atoms with van der Waals surface area (Å²) in [5, 5.41) is 0. The fourth-order valence-electron chi connectivity index (χ4n) is 2.79. The Balaban J connectivity index is 1.77. The van der Waals surface area contributed by atoms with E-state index < -0.39 is 18.7 Å². The van der Waals surface area contributed by atoms with Crippen molar-refractivity contribution in [3.05, 3.63) is 65.7 Å². The number of alkyl halides is 2. The molecule has 2 aromatic carbocycles. The molecule has 0 saturated carbocycles. The molecular weight excluding hydrogens is 372 g/mol. The topological polar surface area (TPSA) is 65.1 Å². The van der Waals surface area contributed by atoms with Crippen LogP contribution < -0.4 is 4.74 Å². The van der Waals surface area contributed by atoms with Crippen molar-refractivity contribution in [2.75, 3.05) is 26.3 Å². The van der Waals surface area contributed by atoms with Crippen molar-refractivity contribution in [3.8, 4) is 5.75 Å². The number of hydrogen-bond acceptors (Lipinski definition) is 5. The van der Waals surface area contributed by atoms with Crippen molar-refractivity contribution in [2.24, 2.45) is 0 Å². The molecule has 1 saturated heterocycles. The molecule has 0 N–H and O–H groups in total. The second kappa shape index (κ2) is 9.27. The van der Waals surface area contributed by atoms with E-state index >= 15 is 0 Å². The summed E-state index contributed by atoms with van der Waals surface area (Å²) in [6.07, 6.45) is -1.11. The van der Waals surface area contributed by atoms with E-state index in [2.05, 4.69) is 4.74 Å². The molecule has 1 atom stereocenters. The smallest absolute Gasteiger partial charge is 0.387 e. The van der Waals surface area contributed by atoms with E-state index in [-0.39, 0.29) is 17.2 Å². The number of halogens is 2. The molecule has 1 heterocycles. The van der Waals surface area contributed by atoms with Crippen LogP contribution in [0.5, 0.6) is 5.75 Å². The van der Waals surface area contributed by atoms with E-state index in [1.165, 1.54) is 24.3 Å². The van der Waals surface area contributed by atoms with E-state index in [9.17, 15) is 18.4 Å². The standard InChI is InChI=1S/C20H19F2NO5/c21-20(22)27-16-8-6-15(7-9-16)19(25)28-17(14-4-2-1-3-5-14)18(24)23-10-12-26-13-11-23/h1-9,17,20H,10-13H2/t17-/m0/s1. The van der Waals surface area contributed by atoms with Crippen LogP contribution in [0, 0.1) is 0 Å². The Hall–Kier alpha value is -3.00. The van der Waals surface area contributed by atoms with Gasteiger partial charge in [0, 0.05) is 18.7 Å². The summed E-state index contributed by atoms with van der Waals surface area (Å²) >= 11 is 0. The summed E-state index contributed by atoms with van der Waals surface area (Å²) < 4.78 is 39.5. The summed E-state index contributed by atoms with van der Waals surface area (Å²) in [7, 11) is 0. The zero-order chi connectivity index (χ0) is 19.9. The van der Waals surface area contributed by atoms with Gasteiger partial charge in [-0.2, -0.15) is 8.78 Å². The van der Waals surface area contributed by atoms with Crippen molar-refractivity contribution < 1.29 is 32.6 Å². The fourth-order valence-corrected chi connectivity index (χ4v) is 2.79. The van der Waals surface area contributed by atoms with Crippen LogP contribution in [0.15, 0.2) is 54.6 Å². The number of morpholine rings is 1. The average Bonchev–Trinajstić information content (AvgIpc) is 2.73. The molecule has 0 radical (unpaired) electrons. The van der Waals surface area contributed by atoms with Gasteiger partial charge in [0.15, 0.2) is 0 Å². The Kier molecular flexibility index (Phi) is 6.54. The molecule has 1 aliphatic heterocycles. The maximum absolute atomic E-state index is 12.9. The number of ether oxygens (including phenoxy) is 3. The van der Waals surface area contributed by atoms with Gasteiger partial charge in [0.25, 0.3) is 5.91 Å². The summed E-state index contributed by atoms with van der Waals surface area (Å²) in [5.41, 5.74) is 0.669. The molecule has 1 fully saturated rings. The van der Waals surface area contributed by atoms with Crippen LogP contribution in [0.4, 0.5) is 8.78 Å². The second-order valence-corrected chi connectivity index (χ2v) is 6.04. The number of carbonyl (C=O) groups is 2. The monoisotopic (exact) mass is 391 g/mol. The minimum absolute atomic E-state index is 0.0736. The van der Waals surface area contributed by atoms with Crippen LogP contribution >= 0.6 is 0 Å². The van der Waals surface area contributed by atoms with Gasteiger partial charge in [0.05, 0.1) is 18.8 Å². The molecule has 0 aromatic heterocycles. The predicted octanol–water partition coefficient (Wildman–Crippen LogP) is 3.04. The van der Waals surface area contributed by atoms with E-state index in [4.69, 9.17) is 9.47 Å². The first-order chi connectivity index (χ1) is 13.5. The van der Waals surface area contributed by atoms with Gasteiger partial charge in [-0.15, -0.1) is 0 Å². The third-order valence-corrected chi connectivity index (χ3v) is 4.19. The lowest BCUT2D eigenvalue weighted by Crippen LogP contribution is -2.44. The third-order valence-electron chi connectivity index (χ3n) is 4.19. The highest BCUT2D eigenvalue weighted by Gasteiger charge is 2.30. The Bertz CT molecular complexity index is 792. The Morgan fingerprint density at radius 3 is 2.21 bits per heavy atom. The molecule has 0 bridgehead atoms. The van der Waals surface area contributed by atoms with Crippen molar-refractivity contribution >= 4 is 11.9 Å². The molecule has 148 valence electrons. The second-order valence-electron chi connectivity index (χ2n) is 6.04. The van der Waals surface area contributed by atoms with Crippen LogP contribution in [0.2, 0.25) is 0 Å². The van der Waals surface area contributed by atoms with Gasteiger partial charge in [-0.1, -0.05) is 30.3 Å². The highest BCUT2D eigenvalue weighted by atomic mass is 19.3. The highest BCUT2D eigenvalue weighted by molar-refractivity contribution is 5.92. The fraction of sp³-hybridized carbons (Fsp3) is 0.300. The lowest BCUT2D eigenvalue weighted by Gasteiger charge is -2.30. The van der Waals surface area contributed by atoms with Crippen molar-refractivity contribution in [1.29, 1.82) is 0 Å². The Morgan fingerprint density at radius 1 is 0.964 bits per heavy atom. The summed E-state index contributed by atoms with van der Waals surface area (Å²) in [4.78, 5) is 27.1. The first-order valence-electron chi connectivity index (χ1n) is 8.72. The number of nitrogens with zero attached hydrogens (tertiary/aromatic N) is 1. The van der Waals surface area contributed by atoms with E-state index in [1.54, 1.807) is 35.2 Å². The van der Waals surface area contributed by atoms with Crippen LogP contribution in [-0.4, -0.2) is 49.7 Å². The maximum Gasteiger partial charge on any atom is 0.387 e. The molecule has 3 rings (SSSR count). The summed E-state index contributed by atoms with van der Waals surface area (Å²) in [6.45, 7) is -1.27. The predicted molar refractivity (Wildman–Crippen MR) is 95.1 cm³/mol. The number of benzene rings is 2. The van der Waals surface area contributed by atoms with Gasteiger partial charge in [0.1, 0.15) is 5.75 Å². The maximum atomic E-state index is 12.9.